The van der Waals surface area contributed by atoms with E-state index in [1.165, 1.54) is 0 Å². The molecule has 0 fully saturated rings. The van der Waals surface area contributed by atoms with Crippen LogP contribution in [-0.4, -0.2) is 25.6 Å². The van der Waals surface area contributed by atoms with Crippen molar-refractivity contribution >= 4 is 0 Å². The molecule has 80 valence electrons. The first-order chi connectivity index (χ1) is 6.18. The first-order valence-corrected chi connectivity index (χ1v) is 5.08. The van der Waals surface area contributed by atoms with E-state index >= 15 is 0 Å². The maximum Gasteiger partial charge on any atom is 0.158 e. The topological polar surface area (TPSA) is 13.1 Å². The second-order valence-electron chi connectivity index (χ2n) is 5.96. The largest absolute Gasteiger partial charge is 0.460 e. The van der Waals surface area contributed by atoms with Crippen LogP contribution in [0.1, 0.15) is 32.3 Å². The summed E-state index contributed by atoms with van der Waals surface area (Å²) in [5.41, 5.74) is 0.114. The molecule has 0 bridgehead atoms. The highest BCUT2D eigenvalue weighted by Gasteiger charge is 2.20. The highest BCUT2D eigenvalue weighted by atomic mass is 16.3. The standard InChI is InChI=1S/C12H22NO/c1-12(2,3)11-8-7-10(14-11)9-13(4,5)6/h7-8H,9H2,1-6H3/q+1. The molecule has 1 heterocycles. The zero-order valence-electron chi connectivity index (χ0n) is 10.2. The molecule has 0 saturated carbocycles. The number of quaternary nitrogens is 1. The van der Waals surface area contributed by atoms with Gasteiger partial charge < -0.3 is 8.90 Å². The Labute approximate surface area is 87.1 Å². The van der Waals surface area contributed by atoms with E-state index in [9.17, 15) is 0 Å². The molecule has 0 aliphatic rings. The molecule has 0 saturated heterocycles. The molecular weight excluding hydrogens is 174 g/mol. The molecule has 0 aliphatic heterocycles. The van der Waals surface area contributed by atoms with Crippen molar-refractivity contribution in [2.45, 2.75) is 32.7 Å². The molecule has 0 atom stereocenters. The Balaban J connectivity index is 2.79. The first kappa shape index (κ1) is 11.3. The Hall–Kier alpha value is -0.760. The summed E-state index contributed by atoms with van der Waals surface area (Å²) < 4.78 is 6.71. The lowest BCUT2D eigenvalue weighted by atomic mass is 9.94. The second-order valence-corrected chi connectivity index (χ2v) is 5.96. The van der Waals surface area contributed by atoms with Crippen LogP contribution in [0.3, 0.4) is 0 Å². The number of rotatable bonds is 2. The Morgan fingerprint density at radius 1 is 1.14 bits per heavy atom. The van der Waals surface area contributed by atoms with E-state index in [4.69, 9.17) is 4.42 Å². The summed E-state index contributed by atoms with van der Waals surface area (Å²) in [6.45, 7) is 7.45. The average molecular weight is 196 g/mol. The van der Waals surface area contributed by atoms with Crippen LogP contribution >= 0.6 is 0 Å². The van der Waals surface area contributed by atoms with Crippen molar-refractivity contribution in [1.29, 1.82) is 0 Å². The zero-order valence-corrected chi connectivity index (χ0v) is 10.2. The third-order valence-corrected chi connectivity index (χ3v) is 2.03. The van der Waals surface area contributed by atoms with Crippen molar-refractivity contribution in [3.8, 4) is 0 Å². The Morgan fingerprint density at radius 3 is 2.07 bits per heavy atom. The van der Waals surface area contributed by atoms with Gasteiger partial charge in [0, 0.05) is 5.41 Å². The summed E-state index contributed by atoms with van der Waals surface area (Å²) >= 11 is 0. The lowest BCUT2D eigenvalue weighted by Crippen LogP contribution is -2.33. The minimum atomic E-state index is 0.114. The van der Waals surface area contributed by atoms with Crippen molar-refractivity contribution in [1.82, 2.24) is 0 Å². The maximum atomic E-state index is 5.81. The quantitative estimate of drug-likeness (QED) is 0.663. The SMILES string of the molecule is CC(C)(C)c1ccc(C[N+](C)(C)C)o1. The minimum Gasteiger partial charge on any atom is -0.460 e. The summed E-state index contributed by atoms with van der Waals surface area (Å²) in [6.07, 6.45) is 0. The van der Waals surface area contributed by atoms with Gasteiger partial charge in [-0.2, -0.15) is 0 Å². The third-order valence-electron chi connectivity index (χ3n) is 2.03. The lowest BCUT2D eigenvalue weighted by molar-refractivity contribution is -0.884. The van der Waals surface area contributed by atoms with Gasteiger partial charge in [0.15, 0.2) is 5.76 Å². The molecule has 1 aromatic heterocycles. The van der Waals surface area contributed by atoms with Gasteiger partial charge in [-0.1, -0.05) is 20.8 Å². The molecule has 1 rings (SSSR count). The highest BCUT2D eigenvalue weighted by Crippen LogP contribution is 2.24. The summed E-state index contributed by atoms with van der Waals surface area (Å²) in [5.74, 6) is 2.14. The fourth-order valence-corrected chi connectivity index (χ4v) is 1.33. The Bertz CT molecular complexity index is 299. The van der Waals surface area contributed by atoms with Gasteiger partial charge in [-0.15, -0.1) is 0 Å². The van der Waals surface area contributed by atoms with Crippen LogP contribution < -0.4 is 0 Å². The Morgan fingerprint density at radius 2 is 1.71 bits per heavy atom. The van der Waals surface area contributed by atoms with Crippen molar-refractivity contribution in [3.63, 3.8) is 0 Å². The van der Waals surface area contributed by atoms with E-state index in [0.29, 0.717) is 0 Å². The molecular formula is C12H22NO+. The first-order valence-electron chi connectivity index (χ1n) is 5.08. The lowest BCUT2D eigenvalue weighted by Gasteiger charge is -2.22. The molecule has 0 unspecified atom stereocenters. The predicted molar refractivity (Wildman–Crippen MR) is 59.1 cm³/mol. The summed E-state index contributed by atoms with van der Waals surface area (Å²) in [7, 11) is 6.50. The predicted octanol–water partition coefficient (Wildman–Crippen LogP) is 2.78. The van der Waals surface area contributed by atoms with Gasteiger partial charge in [0.2, 0.25) is 0 Å². The van der Waals surface area contributed by atoms with Crippen LogP contribution in [0, 0.1) is 0 Å². The molecule has 0 aromatic carbocycles. The van der Waals surface area contributed by atoms with Crippen LogP contribution in [0.15, 0.2) is 16.5 Å². The number of hydrogen-bond donors (Lipinski definition) is 0. The smallest absolute Gasteiger partial charge is 0.158 e. The van der Waals surface area contributed by atoms with Gasteiger partial charge in [0.05, 0.1) is 21.1 Å². The average Bonchev–Trinajstić information content (AvgIpc) is 2.29. The molecule has 0 radical (unpaired) electrons. The summed E-state index contributed by atoms with van der Waals surface area (Å²) in [6, 6.07) is 4.18. The van der Waals surface area contributed by atoms with E-state index in [0.717, 1.165) is 22.5 Å². The molecule has 0 amide bonds. The van der Waals surface area contributed by atoms with Gasteiger partial charge in [0.1, 0.15) is 12.3 Å². The van der Waals surface area contributed by atoms with Crippen molar-refractivity contribution in [2.24, 2.45) is 0 Å². The van der Waals surface area contributed by atoms with Gasteiger partial charge in [-0.3, -0.25) is 0 Å². The van der Waals surface area contributed by atoms with Gasteiger partial charge in [-0.25, -0.2) is 0 Å². The van der Waals surface area contributed by atoms with Gasteiger partial charge in [-0.05, 0) is 12.1 Å². The normalized spacial score (nSPS) is 13.3. The van der Waals surface area contributed by atoms with E-state index < -0.39 is 0 Å². The van der Waals surface area contributed by atoms with Crippen molar-refractivity contribution in [2.75, 3.05) is 21.1 Å². The molecule has 2 heteroatoms. The summed E-state index contributed by atoms with van der Waals surface area (Å²) in [4.78, 5) is 0. The molecule has 0 spiro atoms. The van der Waals surface area contributed by atoms with Crippen LogP contribution in [0.2, 0.25) is 0 Å². The molecule has 2 nitrogen and oxygen atoms in total. The van der Waals surface area contributed by atoms with Crippen LogP contribution in [0.25, 0.3) is 0 Å². The second kappa shape index (κ2) is 3.43. The molecule has 0 aliphatic carbocycles. The van der Waals surface area contributed by atoms with Crippen LogP contribution in [-0.2, 0) is 12.0 Å². The van der Waals surface area contributed by atoms with Crippen LogP contribution in [0.4, 0.5) is 0 Å². The molecule has 1 aromatic rings. The van der Waals surface area contributed by atoms with Crippen LogP contribution in [0.5, 0.6) is 0 Å². The fraction of sp³-hybridized carbons (Fsp3) is 0.667. The van der Waals surface area contributed by atoms with E-state index in [1.54, 1.807) is 0 Å². The third kappa shape index (κ3) is 3.18. The molecule has 0 N–H and O–H groups in total. The minimum absolute atomic E-state index is 0.114. The zero-order chi connectivity index (χ0) is 11.0. The molecule has 14 heavy (non-hydrogen) atoms. The van der Waals surface area contributed by atoms with E-state index in [1.807, 2.05) is 0 Å². The van der Waals surface area contributed by atoms with Gasteiger partial charge >= 0.3 is 0 Å². The number of furan rings is 1. The van der Waals surface area contributed by atoms with Gasteiger partial charge in [0.25, 0.3) is 0 Å². The number of hydrogen-bond acceptors (Lipinski definition) is 1. The van der Waals surface area contributed by atoms with E-state index in [-0.39, 0.29) is 5.41 Å². The Kier molecular flexibility index (Phi) is 2.77. The monoisotopic (exact) mass is 196 g/mol. The van der Waals surface area contributed by atoms with Crippen molar-refractivity contribution in [3.05, 3.63) is 23.7 Å². The van der Waals surface area contributed by atoms with Crippen molar-refractivity contribution < 1.29 is 8.90 Å². The van der Waals surface area contributed by atoms with E-state index in [2.05, 4.69) is 54.0 Å². The maximum absolute atomic E-state index is 5.81. The highest BCUT2D eigenvalue weighted by molar-refractivity contribution is 5.13. The number of nitrogens with zero attached hydrogens (tertiary/aromatic N) is 1. The summed E-state index contributed by atoms with van der Waals surface area (Å²) in [5, 5.41) is 0. The fourth-order valence-electron chi connectivity index (χ4n) is 1.33.